The van der Waals surface area contributed by atoms with Crippen molar-refractivity contribution in [1.29, 1.82) is 0 Å². The van der Waals surface area contributed by atoms with Crippen LogP contribution < -0.4 is 19.5 Å². The van der Waals surface area contributed by atoms with Gasteiger partial charge in [-0.3, -0.25) is 0 Å². The van der Waals surface area contributed by atoms with Crippen molar-refractivity contribution in [3.05, 3.63) is 53.8 Å². The predicted octanol–water partition coefficient (Wildman–Crippen LogP) is 3.33. The molecule has 24 heavy (non-hydrogen) atoms. The van der Waals surface area contributed by atoms with E-state index in [1.807, 2.05) is 30.3 Å². The van der Waals surface area contributed by atoms with E-state index in [9.17, 15) is 4.39 Å². The van der Waals surface area contributed by atoms with E-state index in [1.54, 1.807) is 0 Å². The maximum Gasteiger partial charge on any atom is 0.231 e. The average Bonchev–Trinajstić information content (AvgIpc) is 3.10. The smallest absolute Gasteiger partial charge is 0.231 e. The van der Waals surface area contributed by atoms with Crippen molar-refractivity contribution in [3.8, 4) is 17.2 Å². The summed E-state index contributed by atoms with van der Waals surface area (Å²) in [6, 6.07) is 12.5. The third kappa shape index (κ3) is 3.04. The van der Waals surface area contributed by atoms with Crippen LogP contribution in [-0.2, 0) is 0 Å². The Kier molecular flexibility index (Phi) is 4.26. The third-order valence-electron chi connectivity index (χ3n) is 4.72. The van der Waals surface area contributed by atoms with Crippen LogP contribution in [-0.4, -0.2) is 26.5 Å². The first kappa shape index (κ1) is 15.3. The van der Waals surface area contributed by atoms with Gasteiger partial charge in [0.2, 0.25) is 12.5 Å². The molecular weight excluding hydrogens is 309 g/mol. The van der Waals surface area contributed by atoms with Crippen molar-refractivity contribution in [2.75, 3.05) is 26.5 Å². The summed E-state index contributed by atoms with van der Waals surface area (Å²) in [5, 5.41) is 3.42. The molecule has 126 valence electrons. The van der Waals surface area contributed by atoms with E-state index in [2.05, 4.69) is 5.32 Å². The Balaban J connectivity index is 1.48. The summed E-state index contributed by atoms with van der Waals surface area (Å²) < 4.78 is 30.1. The number of halogens is 1. The molecule has 2 heterocycles. The van der Waals surface area contributed by atoms with Crippen LogP contribution in [0.25, 0.3) is 0 Å². The van der Waals surface area contributed by atoms with Gasteiger partial charge in [0.25, 0.3) is 0 Å². The van der Waals surface area contributed by atoms with Crippen LogP contribution in [0.5, 0.6) is 17.2 Å². The van der Waals surface area contributed by atoms with E-state index >= 15 is 0 Å². The Bertz CT molecular complexity index is 704. The topological polar surface area (TPSA) is 39.7 Å². The van der Waals surface area contributed by atoms with E-state index in [0.717, 1.165) is 25.3 Å². The predicted molar refractivity (Wildman–Crippen MR) is 88.2 cm³/mol. The minimum atomic E-state index is -0.197. The van der Waals surface area contributed by atoms with Crippen molar-refractivity contribution in [2.45, 2.75) is 12.3 Å². The molecule has 4 nitrogen and oxygen atoms in total. The average molecular weight is 329 g/mol. The summed E-state index contributed by atoms with van der Waals surface area (Å²) in [7, 11) is 0. The van der Waals surface area contributed by atoms with Gasteiger partial charge in [0, 0.05) is 12.5 Å². The summed E-state index contributed by atoms with van der Waals surface area (Å²) >= 11 is 0. The molecule has 0 aliphatic carbocycles. The summed E-state index contributed by atoms with van der Waals surface area (Å²) in [5.41, 5.74) is 1.17. The van der Waals surface area contributed by atoms with Gasteiger partial charge in [-0.15, -0.1) is 0 Å². The lowest BCUT2D eigenvalue weighted by Crippen LogP contribution is -2.38. The molecule has 5 heteroatoms. The highest BCUT2D eigenvalue weighted by molar-refractivity contribution is 5.52. The standard InChI is InChI=1S/C19H20FNO3/c20-15-6-4-13(5-7-15)16-8-9-21-10-14(16)11-22-17-2-1-3-18-19(17)24-12-23-18/h1-7,14,16,21H,8-12H2/t14-,16-/m0/s1. The molecule has 2 aliphatic heterocycles. The molecule has 0 bridgehead atoms. The quantitative estimate of drug-likeness (QED) is 0.934. The Morgan fingerprint density at radius 1 is 1.12 bits per heavy atom. The zero-order valence-electron chi connectivity index (χ0n) is 13.3. The number of nitrogens with one attached hydrogen (secondary N) is 1. The lowest BCUT2D eigenvalue weighted by Gasteiger charge is -2.32. The third-order valence-corrected chi connectivity index (χ3v) is 4.72. The van der Waals surface area contributed by atoms with E-state index in [4.69, 9.17) is 14.2 Å². The molecule has 0 aromatic heterocycles. The lowest BCUT2D eigenvalue weighted by atomic mass is 9.81. The second-order valence-corrected chi connectivity index (χ2v) is 6.21. The minimum absolute atomic E-state index is 0.197. The first-order chi connectivity index (χ1) is 11.8. The molecular formula is C19H20FNO3. The van der Waals surface area contributed by atoms with Gasteiger partial charge in [0.05, 0.1) is 6.61 Å². The second-order valence-electron chi connectivity index (χ2n) is 6.21. The Morgan fingerprint density at radius 2 is 2.00 bits per heavy atom. The second kappa shape index (κ2) is 6.69. The Labute approximate surface area is 140 Å². The van der Waals surface area contributed by atoms with Crippen LogP contribution in [0.1, 0.15) is 17.9 Å². The highest BCUT2D eigenvalue weighted by atomic mass is 19.1. The largest absolute Gasteiger partial charge is 0.489 e. The Morgan fingerprint density at radius 3 is 2.88 bits per heavy atom. The summed E-state index contributed by atoms with van der Waals surface area (Å²) in [6.45, 7) is 2.67. The number of ether oxygens (including phenoxy) is 3. The van der Waals surface area contributed by atoms with E-state index in [0.29, 0.717) is 29.9 Å². The van der Waals surface area contributed by atoms with Gasteiger partial charge < -0.3 is 19.5 Å². The molecule has 1 N–H and O–H groups in total. The monoisotopic (exact) mass is 329 g/mol. The molecule has 2 aliphatic rings. The maximum absolute atomic E-state index is 13.2. The SMILES string of the molecule is Fc1ccc([C@@H]2CCNC[C@H]2COc2cccc3c2OCO3)cc1. The molecule has 0 unspecified atom stereocenters. The summed E-state index contributed by atoms with van der Waals surface area (Å²) in [4.78, 5) is 0. The minimum Gasteiger partial charge on any atom is -0.489 e. The lowest BCUT2D eigenvalue weighted by molar-refractivity contribution is 0.162. The van der Waals surface area contributed by atoms with E-state index in [-0.39, 0.29) is 12.6 Å². The zero-order valence-corrected chi connectivity index (χ0v) is 13.3. The highest BCUT2D eigenvalue weighted by Crippen LogP contribution is 2.41. The van der Waals surface area contributed by atoms with Crippen molar-refractivity contribution in [3.63, 3.8) is 0 Å². The number of benzene rings is 2. The molecule has 0 saturated carbocycles. The van der Waals surface area contributed by atoms with Crippen LogP contribution in [0, 0.1) is 11.7 Å². The molecule has 2 aromatic rings. The number of piperidine rings is 1. The molecule has 0 radical (unpaired) electrons. The molecule has 1 fully saturated rings. The van der Waals surface area contributed by atoms with Crippen molar-refractivity contribution in [2.24, 2.45) is 5.92 Å². The number of hydrogen-bond acceptors (Lipinski definition) is 4. The summed E-state index contributed by atoms with van der Waals surface area (Å²) in [6.07, 6.45) is 1.02. The number of para-hydroxylation sites is 1. The molecule has 2 aromatic carbocycles. The first-order valence-electron chi connectivity index (χ1n) is 8.29. The van der Waals surface area contributed by atoms with Gasteiger partial charge in [-0.25, -0.2) is 4.39 Å². The van der Waals surface area contributed by atoms with Crippen LogP contribution in [0.3, 0.4) is 0 Å². The fourth-order valence-corrected chi connectivity index (χ4v) is 3.46. The van der Waals surface area contributed by atoms with Crippen molar-refractivity contribution in [1.82, 2.24) is 5.32 Å². The van der Waals surface area contributed by atoms with E-state index in [1.165, 1.54) is 17.7 Å². The van der Waals surface area contributed by atoms with Crippen molar-refractivity contribution >= 4 is 0 Å². The summed E-state index contributed by atoms with van der Waals surface area (Å²) in [5.74, 6) is 2.61. The fourth-order valence-electron chi connectivity index (χ4n) is 3.46. The van der Waals surface area contributed by atoms with Crippen LogP contribution >= 0.6 is 0 Å². The maximum atomic E-state index is 13.2. The van der Waals surface area contributed by atoms with Crippen LogP contribution in [0.15, 0.2) is 42.5 Å². The van der Waals surface area contributed by atoms with Gasteiger partial charge in [0.1, 0.15) is 5.82 Å². The van der Waals surface area contributed by atoms with Gasteiger partial charge in [-0.1, -0.05) is 18.2 Å². The fraction of sp³-hybridized carbons (Fsp3) is 0.368. The Hall–Kier alpha value is -2.27. The molecule has 1 saturated heterocycles. The van der Waals surface area contributed by atoms with Crippen LogP contribution in [0.2, 0.25) is 0 Å². The molecule has 0 spiro atoms. The van der Waals surface area contributed by atoms with Gasteiger partial charge in [0.15, 0.2) is 11.5 Å². The molecule has 4 rings (SSSR count). The first-order valence-corrected chi connectivity index (χ1v) is 8.29. The number of rotatable bonds is 4. The zero-order chi connectivity index (χ0) is 16.4. The molecule has 2 atom stereocenters. The number of fused-ring (bicyclic) bond motifs is 1. The highest BCUT2D eigenvalue weighted by Gasteiger charge is 2.28. The van der Waals surface area contributed by atoms with Gasteiger partial charge in [-0.05, 0) is 48.7 Å². The number of hydrogen-bond donors (Lipinski definition) is 1. The van der Waals surface area contributed by atoms with Gasteiger partial charge >= 0.3 is 0 Å². The van der Waals surface area contributed by atoms with E-state index < -0.39 is 0 Å². The van der Waals surface area contributed by atoms with Crippen LogP contribution in [0.4, 0.5) is 4.39 Å². The normalized spacial score (nSPS) is 22.4. The van der Waals surface area contributed by atoms with Gasteiger partial charge in [-0.2, -0.15) is 0 Å². The van der Waals surface area contributed by atoms with Crippen molar-refractivity contribution < 1.29 is 18.6 Å². The molecule has 0 amide bonds.